The van der Waals surface area contributed by atoms with Crippen molar-refractivity contribution in [2.75, 3.05) is 13.1 Å². The van der Waals surface area contributed by atoms with Gasteiger partial charge in [-0.05, 0) is 30.9 Å². The fourth-order valence-electron chi connectivity index (χ4n) is 3.89. The van der Waals surface area contributed by atoms with E-state index in [1.54, 1.807) is 11.8 Å². The second-order valence-electron chi connectivity index (χ2n) is 7.06. The molecule has 5 heteroatoms. The number of rotatable bonds is 2. The van der Waals surface area contributed by atoms with E-state index in [0.29, 0.717) is 26.1 Å². The number of amides is 2. The molecule has 2 amide bonds. The Morgan fingerprint density at radius 2 is 1.96 bits per heavy atom. The largest absolute Gasteiger partial charge is 0.393 e. The third-order valence-electron chi connectivity index (χ3n) is 5.39. The predicted molar refractivity (Wildman–Crippen MR) is 91.1 cm³/mol. The number of nitrogens with zero attached hydrogens (tertiary/aromatic N) is 2. The topological polar surface area (TPSA) is 60.9 Å². The van der Waals surface area contributed by atoms with E-state index in [4.69, 9.17) is 0 Å². The summed E-state index contributed by atoms with van der Waals surface area (Å²) in [5.74, 6) is 0.0846. The molecule has 1 fully saturated rings. The van der Waals surface area contributed by atoms with Gasteiger partial charge in [-0.3, -0.25) is 9.59 Å². The summed E-state index contributed by atoms with van der Waals surface area (Å²) < 4.78 is 0. The molecule has 24 heavy (non-hydrogen) atoms. The van der Waals surface area contributed by atoms with Gasteiger partial charge < -0.3 is 14.9 Å². The third-order valence-corrected chi connectivity index (χ3v) is 5.39. The Kier molecular flexibility index (Phi) is 4.90. The van der Waals surface area contributed by atoms with Crippen LogP contribution in [0.3, 0.4) is 0 Å². The second-order valence-corrected chi connectivity index (χ2v) is 7.06. The first-order chi connectivity index (χ1) is 11.5. The minimum atomic E-state index is -0.426. The molecule has 0 spiro atoms. The van der Waals surface area contributed by atoms with E-state index in [2.05, 4.69) is 0 Å². The lowest BCUT2D eigenvalue weighted by atomic mass is 9.90. The molecule has 0 bridgehead atoms. The number of carbonyl (C=O) groups excluding carboxylic acids is 2. The van der Waals surface area contributed by atoms with Crippen LogP contribution in [0.4, 0.5) is 0 Å². The molecule has 0 saturated carbocycles. The Morgan fingerprint density at radius 1 is 1.25 bits per heavy atom. The summed E-state index contributed by atoms with van der Waals surface area (Å²) in [6.45, 7) is 5.11. The molecule has 1 aromatic rings. The molecule has 1 aromatic carbocycles. The SMILES string of the molecule is CC(=O)N1Cc2ccccc2C[C@H]1C(=O)N1CCCC(C(C)O)C1. The van der Waals surface area contributed by atoms with E-state index in [0.717, 1.165) is 24.0 Å². The predicted octanol–water partition coefficient (Wildman–Crippen LogP) is 1.58. The van der Waals surface area contributed by atoms with Crippen LogP contribution in [0.5, 0.6) is 0 Å². The molecule has 2 aliphatic rings. The van der Waals surface area contributed by atoms with Gasteiger partial charge in [0.15, 0.2) is 0 Å². The maximum absolute atomic E-state index is 13.1. The Hall–Kier alpha value is -1.88. The van der Waals surface area contributed by atoms with Gasteiger partial charge in [0.2, 0.25) is 11.8 Å². The van der Waals surface area contributed by atoms with Crippen molar-refractivity contribution in [1.29, 1.82) is 0 Å². The molecule has 3 rings (SSSR count). The van der Waals surface area contributed by atoms with E-state index in [9.17, 15) is 14.7 Å². The van der Waals surface area contributed by atoms with Gasteiger partial charge in [-0.25, -0.2) is 0 Å². The van der Waals surface area contributed by atoms with Gasteiger partial charge >= 0.3 is 0 Å². The lowest BCUT2D eigenvalue weighted by Crippen LogP contribution is -2.55. The number of piperidine rings is 1. The molecule has 1 N–H and O–H groups in total. The molecule has 3 atom stereocenters. The van der Waals surface area contributed by atoms with Crippen LogP contribution in [-0.2, 0) is 22.6 Å². The zero-order valence-electron chi connectivity index (χ0n) is 14.4. The molecular weight excluding hydrogens is 304 g/mol. The number of hydrogen-bond donors (Lipinski definition) is 1. The minimum absolute atomic E-state index is 0.0186. The summed E-state index contributed by atoms with van der Waals surface area (Å²) in [6.07, 6.45) is 2.03. The summed E-state index contributed by atoms with van der Waals surface area (Å²) in [5.41, 5.74) is 2.27. The summed E-state index contributed by atoms with van der Waals surface area (Å²) in [7, 11) is 0. The molecule has 130 valence electrons. The zero-order valence-corrected chi connectivity index (χ0v) is 14.4. The van der Waals surface area contributed by atoms with Gasteiger partial charge in [0, 0.05) is 38.9 Å². The molecule has 1 saturated heterocycles. The molecule has 0 radical (unpaired) electrons. The Balaban J connectivity index is 1.81. The monoisotopic (exact) mass is 330 g/mol. The molecular formula is C19H26N2O3. The van der Waals surface area contributed by atoms with E-state index in [1.807, 2.05) is 29.2 Å². The second kappa shape index (κ2) is 6.93. The number of carbonyl (C=O) groups is 2. The average molecular weight is 330 g/mol. The maximum atomic E-state index is 13.1. The number of aliphatic hydroxyl groups excluding tert-OH is 1. The van der Waals surface area contributed by atoms with Crippen molar-refractivity contribution in [3.05, 3.63) is 35.4 Å². The van der Waals surface area contributed by atoms with Crippen molar-refractivity contribution in [1.82, 2.24) is 9.80 Å². The number of hydrogen-bond acceptors (Lipinski definition) is 3. The van der Waals surface area contributed by atoms with Crippen LogP contribution in [0.2, 0.25) is 0 Å². The first-order valence-electron chi connectivity index (χ1n) is 8.78. The summed E-state index contributed by atoms with van der Waals surface area (Å²) in [4.78, 5) is 28.7. The van der Waals surface area contributed by atoms with Crippen LogP contribution < -0.4 is 0 Å². The molecule has 2 aliphatic heterocycles. The summed E-state index contributed by atoms with van der Waals surface area (Å²) in [5, 5.41) is 9.85. The number of benzene rings is 1. The Morgan fingerprint density at radius 3 is 2.62 bits per heavy atom. The fourth-order valence-corrected chi connectivity index (χ4v) is 3.89. The number of aliphatic hydroxyl groups is 1. The highest BCUT2D eigenvalue weighted by Crippen LogP contribution is 2.27. The first-order valence-corrected chi connectivity index (χ1v) is 8.78. The van der Waals surface area contributed by atoms with Gasteiger partial charge in [0.1, 0.15) is 6.04 Å². The first kappa shape index (κ1) is 17.0. The lowest BCUT2D eigenvalue weighted by molar-refractivity contribution is -0.147. The van der Waals surface area contributed by atoms with Crippen molar-refractivity contribution < 1.29 is 14.7 Å². The summed E-state index contributed by atoms with van der Waals surface area (Å²) in [6, 6.07) is 7.59. The van der Waals surface area contributed by atoms with Crippen LogP contribution in [-0.4, -0.2) is 52.0 Å². The molecule has 5 nitrogen and oxygen atoms in total. The van der Waals surface area contributed by atoms with Gasteiger partial charge in [0.25, 0.3) is 0 Å². The van der Waals surface area contributed by atoms with E-state index in [1.165, 1.54) is 6.92 Å². The number of likely N-dealkylation sites (tertiary alicyclic amines) is 1. The van der Waals surface area contributed by atoms with E-state index < -0.39 is 12.1 Å². The zero-order chi connectivity index (χ0) is 17.3. The van der Waals surface area contributed by atoms with Crippen LogP contribution in [0, 0.1) is 5.92 Å². The van der Waals surface area contributed by atoms with Gasteiger partial charge in [-0.2, -0.15) is 0 Å². The number of fused-ring (bicyclic) bond motifs is 1. The molecule has 0 aliphatic carbocycles. The Bertz CT molecular complexity index is 629. The van der Waals surface area contributed by atoms with E-state index >= 15 is 0 Å². The lowest BCUT2D eigenvalue weighted by Gasteiger charge is -2.41. The third kappa shape index (κ3) is 3.31. The van der Waals surface area contributed by atoms with Gasteiger partial charge in [-0.15, -0.1) is 0 Å². The molecule has 2 heterocycles. The summed E-state index contributed by atoms with van der Waals surface area (Å²) >= 11 is 0. The highest BCUT2D eigenvalue weighted by atomic mass is 16.3. The average Bonchev–Trinajstić information content (AvgIpc) is 2.60. The minimum Gasteiger partial charge on any atom is -0.393 e. The molecule has 0 aromatic heterocycles. The van der Waals surface area contributed by atoms with Crippen molar-refractivity contribution in [2.24, 2.45) is 5.92 Å². The van der Waals surface area contributed by atoms with Crippen molar-refractivity contribution in [3.8, 4) is 0 Å². The van der Waals surface area contributed by atoms with Crippen LogP contribution in [0.15, 0.2) is 24.3 Å². The normalized spacial score (nSPS) is 25.1. The van der Waals surface area contributed by atoms with Crippen LogP contribution in [0.25, 0.3) is 0 Å². The van der Waals surface area contributed by atoms with Crippen LogP contribution >= 0.6 is 0 Å². The highest BCUT2D eigenvalue weighted by molar-refractivity contribution is 5.88. The standard InChI is InChI=1S/C19H26N2O3/c1-13(22)16-8-5-9-20(11-16)19(24)18-10-15-6-3-4-7-17(15)12-21(18)14(2)23/h3-4,6-7,13,16,18,22H,5,8-12H2,1-2H3/t13?,16?,18-/m0/s1. The smallest absolute Gasteiger partial charge is 0.245 e. The van der Waals surface area contributed by atoms with Crippen molar-refractivity contribution >= 4 is 11.8 Å². The Labute approximate surface area is 143 Å². The fraction of sp³-hybridized carbons (Fsp3) is 0.579. The molecule has 2 unspecified atom stereocenters. The highest BCUT2D eigenvalue weighted by Gasteiger charge is 2.37. The van der Waals surface area contributed by atoms with Gasteiger partial charge in [-0.1, -0.05) is 24.3 Å². The van der Waals surface area contributed by atoms with Gasteiger partial charge in [0.05, 0.1) is 6.10 Å². The van der Waals surface area contributed by atoms with E-state index in [-0.39, 0.29) is 17.7 Å². The maximum Gasteiger partial charge on any atom is 0.245 e. The van der Waals surface area contributed by atoms with Crippen molar-refractivity contribution in [3.63, 3.8) is 0 Å². The van der Waals surface area contributed by atoms with Crippen molar-refractivity contribution in [2.45, 2.75) is 51.8 Å². The quantitative estimate of drug-likeness (QED) is 0.895. The van der Waals surface area contributed by atoms with Crippen LogP contribution in [0.1, 0.15) is 37.8 Å².